The van der Waals surface area contributed by atoms with Gasteiger partial charge in [-0.3, -0.25) is 0 Å². The van der Waals surface area contributed by atoms with Crippen molar-refractivity contribution in [1.82, 2.24) is 4.81 Å². The van der Waals surface area contributed by atoms with E-state index in [-0.39, 0.29) is 0 Å². The summed E-state index contributed by atoms with van der Waals surface area (Å²) in [4.78, 5) is 1.76. The molecule has 1 heterocycles. The van der Waals surface area contributed by atoms with Gasteiger partial charge in [0, 0.05) is 12.6 Å². The van der Waals surface area contributed by atoms with Crippen LogP contribution in [0.1, 0.15) is 6.92 Å². The highest BCUT2D eigenvalue weighted by molar-refractivity contribution is 6.04. The lowest BCUT2D eigenvalue weighted by atomic mass is 10.1. The maximum atomic E-state index is 5.66. The van der Waals surface area contributed by atoms with E-state index in [4.69, 9.17) is 12.7 Å². The van der Waals surface area contributed by atoms with Gasteiger partial charge < -0.3 is 9.55 Å². The first-order chi connectivity index (χ1) is 4.70. The van der Waals surface area contributed by atoms with Crippen molar-refractivity contribution in [1.29, 1.82) is 0 Å². The Bertz CT molecular complexity index is 138. The Kier molecular flexibility index (Phi) is 2.52. The lowest BCUT2D eigenvalue weighted by Gasteiger charge is -2.20. The monoisotopic (exact) mass is 137 g/mol. The molecule has 1 unspecified atom stereocenters. The second kappa shape index (κ2) is 3.22. The predicted molar refractivity (Wildman–Crippen MR) is 41.9 cm³/mol. The Morgan fingerprint density at radius 2 is 2.50 bits per heavy atom. The van der Waals surface area contributed by atoms with E-state index in [0.29, 0.717) is 19.3 Å². The van der Waals surface area contributed by atoms with Crippen LogP contribution in [0.15, 0.2) is 12.2 Å². The van der Waals surface area contributed by atoms with Crippen molar-refractivity contribution >= 4 is 7.98 Å². The van der Waals surface area contributed by atoms with Gasteiger partial charge in [-0.1, -0.05) is 6.58 Å². The van der Waals surface area contributed by atoms with Crippen LogP contribution in [0, 0.1) is 0 Å². The maximum Gasteiger partial charge on any atom is 0.183 e. The molecule has 0 spiro atoms. The molecule has 0 bridgehead atoms. The molecule has 1 fully saturated rings. The van der Waals surface area contributed by atoms with Crippen LogP contribution >= 0.6 is 0 Å². The van der Waals surface area contributed by atoms with Crippen LogP contribution in [0.25, 0.3) is 0 Å². The van der Waals surface area contributed by atoms with Gasteiger partial charge in [0.25, 0.3) is 0 Å². The quantitative estimate of drug-likeness (QED) is 0.352. The molecule has 54 valence electrons. The number of hydrogen-bond acceptors (Lipinski definition) is 2. The van der Waals surface area contributed by atoms with E-state index in [1.165, 1.54) is 0 Å². The van der Waals surface area contributed by atoms with Gasteiger partial charge in [-0.15, -0.1) is 0 Å². The van der Waals surface area contributed by atoms with E-state index in [1.807, 2.05) is 6.92 Å². The third kappa shape index (κ3) is 1.85. The number of ether oxygens (including phenoxy) is 1. The summed E-state index contributed by atoms with van der Waals surface area (Å²) in [6.45, 7) is 7.96. The summed E-state index contributed by atoms with van der Waals surface area (Å²) >= 11 is 0. The van der Waals surface area contributed by atoms with Crippen LogP contribution in [0.5, 0.6) is 0 Å². The van der Waals surface area contributed by atoms with Crippen LogP contribution < -0.4 is 0 Å². The molecule has 1 aliphatic heterocycles. The zero-order valence-electron chi connectivity index (χ0n) is 6.34. The molecule has 0 N–H and O–H groups in total. The van der Waals surface area contributed by atoms with E-state index in [0.717, 1.165) is 12.1 Å². The van der Waals surface area contributed by atoms with Crippen molar-refractivity contribution in [3.05, 3.63) is 12.2 Å². The zero-order valence-corrected chi connectivity index (χ0v) is 6.34. The fraction of sp³-hybridized carbons (Fsp3) is 0.714. The molecule has 0 amide bonds. The van der Waals surface area contributed by atoms with Gasteiger partial charge >= 0.3 is 0 Å². The second-order valence-corrected chi connectivity index (χ2v) is 2.79. The lowest BCUT2D eigenvalue weighted by Crippen LogP contribution is -2.32. The highest BCUT2D eigenvalue weighted by Gasteiger charge is 2.13. The topological polar surface area (TPSA) is 12.5 Å². The van der Waals surface area contributed by atoms with Crippen molar-refractivity contribution in [2.75, 3.05) is 19.8 Å². The van der Waals surface area contributed by atoms with Gasteiger partial charge in [0.05, 0.1) is 13.2 Å². The first-order valence-electron chi connectivity index (χ1n) is 3.46. The second-order valence-electron chi connectivity index (χ2n) is 2.79. The van der Waals surface area contributed by atoms with E-state index >= 15 is 0 Å². The molecule has 3 heteroatoms. The molecule has 1 saturated heterocycles. The van der Waals surface area contributed by atoms with Crippen molar-refractivity contribution in [2.24, 2.45) is 0 Å². The Hall–Kier alpha value is -0.275. The van der Waals surface area contributed by atoms with Gasteiger partial charge in [-0.25, -0.2) is 0 Å². The minimum Gasteiger partial charge on any atom is -0.376 e. The molecule has 1 aliphatic rings. The van der Waals surface area contributed by atoms with Gasteiger partial charge in [-0.05, 0) is 12.5 Å². The average molecular weight is 137 g/mol. The SMILES string of the molecule is [B]N1CC(=C)COCC1C. The van der Waals surface area contributed by atoms with Gasteiger partial charge in [-0.2, -0.15) is 0 Å². The lowest BCUT2D eigenvalue weighted by molar-refractivity contribution is 0.136. The molecule has 1 rings (SSSR count). The summed E-state index contributed by atoms with van der Waals surface area (Å²) in [6, 6.07) is 0.305. The number of rotatable bonds is 0. The van der Waals surface area contributed by atoms with E-state index in [2.05, 4.69) is 6.58 Å². The standard InChI is InChI=1S/C7H12BNO/c1-6-3-9(8)7(2)5-10-4-6/h7H,1,3-5H2,2H3. The molecule has 2 radical (unpaired) electrons. The summed E-state index contributed by atoms with van der Waals surface area (Å²) in [6.07, 6.45) is 0. The highest BCUT2D eigenvalue weighted by Crippen LogP contribution is 2.05. The molecule has 0 aromatic carbocycles. The Labute approximate surface area is 63.3 Å². The van der Waals surface area contributed by atoms with Crippen LogP contribution in [0.4, 0.5) is 0 Å². The Morgan fingerprint density at radius 3 is 3.20 bits per heavy atom. The summed E-state index contributed by atoms with van der Waals surface area (Å²) < 4.78 is 5.27. The summed E-state index contributed by atoms with van der Waals surface area (Å²) in [5, 5.41) is 0. The first-order valence-corrected chi connectivity index (χ1v) is 3.46. The normalized spacial score (nSPS) is 30.1. The van der Waals surface area contributed by atoms with E-state index < -0.39 is 0 Å². The first kappa shape index (κ1) is 7.83. The van der Waals surface area contributed by atoms with Gasteiger partial charge in [0.2, 0.25) is 0 Å². The average Bonchev–Trinajstić information content (AvgIpc) is 1.96. The molecule has 1 atom stereocenters. The number of nitrogens with zero attached hydrogens (tertiary/aromatic N) is 1. The molecule has 0 aliphatic carbocycles. The fourth-order valence-electron chi connectivity index (χ4n) is 0.929. The third-order valence-electron chi connectivity index (χ3n) is 1.64. The van der Waals surface area contributed by atoms with Gasteiger partial charge in [0.15, 0.2) is 7.98 Å². The summed E-state index contributed by atoms with van der Waals surface area (Å²) in [5.74, 6) is 0. The van der Waals surface area contributed by atoms with Crippen molar-refractivity contribution < 1.29 is 4.74 Å². The van der Waals surface area contributed by atoms with Crippen molar-refractivity contribution in [3.63, 3.8) is 0 Å². The molecule has 2 nitrogen and oxygen atoms in total. The molecular formula is C7H12BNO. The summed E-state index contributed by atoms with van der Waals surface area (Å²) in [7, 11) is 5.66. The number of hydrogen-bond donors (Lipinski definition) is 0. The largest absolute Gasteiger partial charge is 0.376 e. The van der Waals surface area contributed by atoms with Gasteiger partial charge in [0.1, 0.15) is 0 Å². The van der Waals surface area contributed by atoms with Crippen LogP contribution in [0.2, 0.25) is 0 Å². The molecular weight excluding hydrogens is 125 g/mol. The highest BCUT2D eigenvalue weighted by atomic mass is 16.5. The van der Waals surface area contributed by atoms with Crippen LogP contribution in [-0.4, -0.2) is 38.6 Å². The smallest absolute Gasteiger partial charge is 0.183 e. The predicted octanol–water partition coefficient (Wildman–Crippen LogP) is 0.347. The summed E-state index contributed by atoms with van der Waals surface area (Å²) in [5.41, 5.74) is 1.05. The Morgan fingerprint density at radius 1 is 1.80 bits per heavy atom. The molecule has 0 aromatic rings. The third-order valence-corrected chi connectivity index (χ3v) is 1.64. The fourth-order valence-corrected chi connectivity index (χ4v) is 0.929. The van der Waals surface area contributed by atoms with Crippen molar-refractivity contribution in [2.45, 2.75) is 13.0 Å². The minimum absolute atomic E-state index is 0.305. The zero-order chi connectivity index (χ0) is 7.56. The van der Waals surface area contributed by atoms with E-state index in [9.17, 15) is 0 Å². The molecule has 0 saturated carbocycles. The Balaban J connectivity index is 2.49. The van der Waals surface area contributed by atoms with E-state index in [1.54, 1.807) is 4.81 Å². The molecule has 0 aromatic heterocycles. The van der Waals surface area contributed by atoms with Crippen LogP contribution in [0.3, 0.4) is 0 Å². The molecule has 10 heavy (non-hydrogen) atoms. The van der Waals surface area contributed by atoms with Crippen LogP contribution in [-0.2, 0) is 4.74 Å². The maximum absolute atomic E-state index is 5.66. The minimum atomic E-state index is 0.305. The van der Waals surface area contributed by atoms with Crippen molar-refractivity contribution in [3.8, 4) is 0 Å².